The van der Waals surface area contributed by atoms with Crippen LogP contribution in [0, 0.1) is 47.6 Å². The summed E-state index contributed by atoms with van der Waals surface area (Å²) in [5.74, 6) is 0.560. The van der Waals surface area contributed by atoms with Crippen LogP contribution in [0.5, 0.6) is 0 Å². The van der Waals surface area contributed by atoms with E-state index in [1.165, 1.54) is 78.6 Å². The molecule has 2 heteroatoms. The molecule has 31 heavy (non-hydrogen) atoms. The van der Waals surface area contributed by atoms with Crippen LogP contribution in [0.3, 0.4) is 0 Å². The molecule has 1 atom stereocenters. The molecule has 1 aliphatic carbocycles. The van der Waals surface area contributed by atoms with Crippen LogP contribution in [0.1, 0.15) is 44.4 Å². The fourth-order valence-corrected chi connectivity index (χ4v) is 3.97. The van der Waals surface area contributed by atoms with Crippen LogP contribution in [-0.4, -0.2) is 6.88 Å². The summed E-state index contributed by atoms with van der Waals surface area (Å²) in [5, 5.41) is 2.81. The number of benzene rings is 2. The Hall–Kier alpha value is -1.37. The molecule has 0 N–H and O–H groups in total. The molecule has 164 valence electrons. The van der Waals surface area contributed by atoms with Gasteiger partial charge >= 0.3 is 30.2 Å². The average Bonchev–Trinajstić information content (AvgIpc) is 3.20. The monoisotopic (exact) mass is 502 g/mol. The second-order valence-corrected chi connectivity index (χ2v) is 7.86. The summed E-state index contributed by atoms with van der Waals surface area (Å²) in [6.07, 6.45) is 3.36. The van der Waals surface area contributed by atoms with Gasteiger partial charge in [-0.15, -0.1) is 46.5 Å². The van der Waals surface area contributed by atoms with Gasteiger partial charge in [0, 0.05) is 0 Å². The first-order chi connectivity index (χ1) is 13.8. The first kappa shape index (κ1) is 29.6. The molecule has 0 fully saturated rings. The van der Waals surface area contributed by atoms with Crippen molar-refractivity contribution in [3.05, 3.63) is 103 Å². The second kappa shape index (κ2) is 13.2. The minimum atomic E-state index is 0. The molecule has 4 rings (SSSR count). The molecule has 3 aromatic carbocycles. The number of fused-ring (bicyclic) bond motifs is 1. The van der Waals surface area contributed by atoms with E-state index in [9.17, 15) is 0 Å². The van der Waals surface area contributed by atoms with Gasteiger partial charge in [-0.25, -0.2) is 5.57 Å². The van der Waals surface area contributed by atoms with Gasteiger partial charge in [-0.1, -0.05) is 88.1 Å². The third-order valence-electron chi connectivity index (χ3n) is 5.98. The number of allylic oxidation sites excluding steroid dienone is 4. The number of hydrogen-bond donors (Lipinski definition) is 0. The maximum atomic E-state index is 3.36. The normalized spacial score (nSPS) is 14.4. The van der Waals surface area contributed by atoms with Crippen molar-refractivity contribution < 1.29 is 23.3 Å². The minimum absolute atomic E-state index is 0. The molecule has 2 radical (unpaired) electrons. The zero-order valence-corrected chi connectivity index (χ0v) is 24.2. The van der Waals surface area contributed by atoms with Crippen molar-refractivity contribution >= 4 is 17.7 Å². The number of rotatable bonds is 1. The van der Waals surface area contributed by atoms with Gasteiger partial charge in [-0.2, -0.15) is 11.1 Å². The molecule has 0 aromatic heterocycles. The van der Waals surface area contributed by atoms with Gasteiger partial charge in [-0.05, 0) is 6.92 Å². The fourth-order valence-electron chi connectivity index (χ4n) is 3.97. The topological polar surface area (TPSA) is 0 Å². The standard InChI is InChI=1S/C18H17.C9H13.2CH3.Si.Zr/c1-12-9-10-13(2)18-16(12)11-14(3)17(18)15-7-5-4-6-8-15;1-6-5-7(2)9(4)8(6)3;;;;/h4-11H,1-3H3;6H,1-4H3;2*1H3;;/q4*-1;;. The summed E-state index contributed by atoms with van der Waals surface area (Å²) in [7, 11) is 0. The zero-order valence-electron chi connectivity index (χ0n) is 20.7. The Kier molecular flexibility index (Phi) is 12.7. The molecular formula is C29H36SiZr-4. The van der Waals surface area contributed by atoms with Gasteiger partial charge in [-0.3, -0.25) is 6.08 Å². The molecule has 0 spiro atoms. The van der Waals surface area contributed by atoms with E-state index in [0.29, 0.717) is 5.92 Å². The molecule has 0 bridgehead atoms. The van der Waals surface area contributed by atoms with Gasteiger partial charge in [0.15, 0.2) is 0 Å². The second-order valence-electron chi connectivity index (χ2n) is 7.86. The molecular weight excluding hydrogens is 468 g/mol. The van der Waals surface area contributed by atoms with Gasteiger partial charge in [0.25, 0.3) is 0 Å². The van der Waals surface area contributed by atoms with E-state index in [4.69, 9.17) is 0 Å². The van der Waals surface area contributed by atoms with Crippen LogP contribution < -0.4 is 0 Å². The average molecular weight is 504 g/mol. The Labute approximate surface area is 208 Å². The summed E-state index contributed by atoms with van der Waals surface area (Å²) in [6.45, 7) is 18.3. The Morgan fingerprint density at radius 3 is 1.84 bits per heavy atom. The van der Waals surface area contributed by atoms with Crippen molar-refractivity contribution in [3.8, 4) is 11.1 Å². The van der Waals surface area contributed by atoms with Crippen molar-refractivity contribution in [2.24, 2.45) is 5.92 Å². The third-order valence-corrected chi connectivity index (χ3v) is 5.98. The Balaban J connectivity index is 0.000000595. The molecule has 1 aliphatic rings. The maximum absolute atomic E-state index is 3.36. The predicted molar refractivity (Wildman–Crippen MR) is 138 cm³/mol. The van der Waals surface area contributed by atoms with E-state index >= 15 is 0 Å². The molecule has 0 amide bonds. The first-order valence-electron chi connectivity index (χ1n) is 10.1. The quantitative estimate of drug-likeness (QED) is 0.231. The Morgan fingerprint density at radius 1 is 0.839 bits per heavy atom. The van der Waals surface area contributed by atoms with E-state index < -0.39 is 0 Å². The molecule has 0 saturated heterocycles. The van der Waals surface area contributed by atoms with Crippen LogP contribution in [-0.2, 0) is 23.3 Å². The van der Waals surface area contributed by atoms with Gasteiger partial charge < -0.3 is 14.9 Å². The Bertz CT molecular complexity index is 1050. The van der Waals surface area contributed by atoms with Crippen molar-refractivity contribution in [2.75, 3.05) is 0 Å². The van der Waals surface area contributed by atoms with E-state index in [1.54, 1.807) is 0 Å². The molecule has 0 aliphatic heterocycles. The number of aryl methyl sites for hydroxylation is 3. The van der Waals surface area contributed by atoms with E-state index in [-0.39, 0.29) is 14.9 Å². The van der Waals surface area contributed by atoms with Gasteiger partial charge in [0.2, 0.25) is 0 Å². The van der Waals surface area contributed by atoms with Crippen molar-refractivity contribution in [1.29, 1.82) is 0 Å². The van der Waals surface area contributed by atoms with E-state index in [1.807, 2.05) is 0 Å². The SMILES string of the molecule is CC1=[C-]C(C)C(C)=C1C.Cc1[cH-]c2c(C)ccc(C)c2c1-c1ccccc1.[CH3-].[CH3-].[Si]=[Zr]. The molecule has 0 saturated carbocycles. The molecule has 0 nitrogen and oxygen atoms in total. The summed E-state index contributed by atoms with van der Waals surface area (Å²) in [6, 6.07) is 17.4. The number of hydrogen-bond acceptors (Lipinski definition) is 0. The van der Waals surface area contributed by atoms with Crippen LogP contribution >= 0.6 is 0 Å². The summed E-state index contributed by atoms with van der Waals surface area (Å²) in [4.78, 5) is 0. The van der Waals surface area contributed by atoms with Crippen LogP contribution in [0.15, 0.2) is 65.3 Å². The summed E-state index contributed by atoms with van der Waals surface area (Å²) >= 11 is 1.36. The zero-order chi connectivity index (χ0) is 21.7. The van der Waals surface area contributed by atoms with Crippen molar-refractivity contribution in [1.82, 2.24) is 0 Å². The van der Waals surface area contributed by atoms with Crippen molar-refractivity contribution in [2.45, 2.75) is 48.5 Å². The van der Waals surface area contributed by atoms with Gasteiger partial charge in [0.1, 0.15) is 0 Å². The molecule has 0 heterocycles. The first-order valence-corrected chi connectivity index (χ1v) is 14.2. The van der Waals surface area contributed by atoms with Crippen molar-refractivity contribution in [3.63, 3.8) is 0 Å². The van der Waals surface area contributed by atoms with Crippen LogP contribution in [0.2, 0.25) is 0 Å². The van der Waals surface area contributed by atoms with Crippen LogP contribution in [0.4, 0.5) is 0 Å². The molecule has 3 aromatic rings. The third kappa shape index (κ3) is 6.56. The van der Waals surface area contributed by atoms with Crippen LogP contribution in [0.25, 0.3) is 21.9 Å². The summed E-state index contributed by atoms with van der Waals surface area (Å²) in [5.41, 5.74) is 11.1. The predicted octanol–water partition coefficient (Wildman–Crippen LogP) is 8.39. The molecule has 1 unspecified atom stereocenters. The van der Waals surface area contributed by atoms with E-state index in [2.05, 4.69) is 110 Å². The van der Waals surface area contributed by atoms with Gasteiger partial charge in [0.05, 0.1) is 0 Å². The summed E-state index contributed by atoms with van der Waals surface area (Å²) < 4.78 is 0. The fraction of sp³-hybridized carbons (Fsp3) is 0.276. The Morgan fingerprint density at radius 2 is 1.39 bits per heavy atom. The van der Waals surface area contributed by atoms with E-state index in [0.717, 1.165) is 0 Å².